The number of thioether (sulfide) groups is 1. The van der Waals surface area contributed by atoms with Gasteiger partial charge < -0.3 is 5.73 Å². The van der Waals surface area contributed by atoms with Crippen LogP contribution in [0.2, 0.25) is 0 Å². The van der Waals surface area contributed by atoms with Crippen LogP contribution in [0.4, 0.5) is 0 Å². The third-order valence-corrected chi connectivity index (χ3v) is 3.26. The normalized spacial score (nSPS) is 14.6. The largest absolute Gasteiger partial charge is 0.327 e. The molecule has 0 bridgehead atoms. The standard InChI is InChI=1S/C7H17NO2S2/c1-11-6-7(8)4-3-5-12(2,9)10/h7H,3-6,8H2,1-2H3. The van der Waals surface area contributed by atoms with Gasteiger partial charge in [0.2, 0.25) is 0 Å². The quantitative estimate of drug-likeness (QED) is 0.695. The molecule has 0 aromatic heterocycles. The minimum Gasteiger partial charge on any atom is -0.327 e. The minimum atomic E-state index is -2.80. The molecule has 1 atom stereocenters. The second-order valence-corrected chi connectivity index (χ2v) is 6.16. The van der Waals surface area contributed by atoms with E-state index < -0.39 is 9.84 Å². The molecule has 0 saturated heterocycles. The van der Waals surface area contributed by atoms with Crippen LogP contribution in [0.15, 0.2) is 0 Å². The van der Waals surface area contributed by atoms with Crippen molar-refractivity contribution in [3.05, 3.63) is 0 Å². The van der Waals surface area contributed by atoms with Gasteiger partial charge in [-0.3, -0.25) is 0 Å². The average molecular weight is 211 g/mol. The van der Waals surface area contributed by atoms with Crippen molar-refractivity contribution in [3.63, 3.8) is 0 Å². The molecule has 3 nitrogen and oxygen atoms in total. The molecular formula is C7H17NO2S2. The van der Waals surface area contributed by atoms with Crippen molar-refractivity contribution in [2.45, 2.75) is 18.9 Å². The molecule has 0 radical (unpaired) electrons. The Labute approximate surface area is 79.0 Å². The lowest BCUT2D eigenvalue weighted by Crippen LogP contribution is -2.23. The van der Waals surface area contributed by atoms with Crippen molar-refractivity contribution in [1.82, 2.24) is 0 Å². The Morgan fingerprint density at radius 1 is 1.50 bits per heavy atom. The van der Waals surface area contributed by atoms with Gasteiger partial charge in [0, 0.05) is 23.8 Å². The van der Waals surface area contributed by atoms with Crippen LogP contribution >= 0.6 is 11.8 Å². The summed E-state index contributed by atoms with van der Waals surface area (Å²) >= 11 is 1.69. The molecule has 0 rings (SSSR count). The Balaban J connectivity index is 3.44. The highest BCUT2D eigenvalue weighted by Gasteiger charge is 2.05. The monoisotopic (exact) mass is 211 g/mol. The lowest BCUT2D eigenvalue weighted by Gasteiger charge is -2.08. The van der Waals surface area contributed by atoms with Crippen molar-refractivity contribution in [2.75, 3.05) is 24.0 Å². The van der Waals surface area contributed by atoms with Crippen LogP contribution in [0.5, 0.6) is 0 Å². The first-order chi connectivity index (χ1) is 5.45. The Morgan fingerprint density at radius 2 is 2.08 bits per heavy atom. The molecule has 0 heterocycles. The van der Waals surface area contributed by atoms with Crippen LogP contribution in [0.25, 0.3) is 0 Å². The van der Waals surface area contributed by atoms with Gasteiger partial charge in [-0.05, 0) is 19.1 Å². The molecule has 0 fully saturated rings. The van der Waals surface area contributed by atoms with Gasteiger partial charge in [0.15, 0.2) is 0 Å². The van der Waals surface area contributed by atoms with E-state index >= 15 is 0 Å². The first-order valence-electron chi connectivity index (χ1n) is 3.88. The van der Waals surface area contributed by atoms with Crippen LogP contribution < -0.4 is 5.73 Å². The Kier molecular flexibility index (Phi) is 5.96. The average Bonchev–Trinajstić information content (AvgIpc) is 1.84. The van der Waals surface area contributed by atoms with Crippen LogP contribution in [-0.2, 0) is 9.84 Å². The van der Waals surface area contributed by atoms with Gasteiger partial charge in [-0.2, -0.15) is 11.8 Å². The van der Waals surface area contributed by atoms with E-state index in [-0.39, 0.29) is 11.8 Å². The van der Waals surface area contributed by atoms with E-state index in [1.54, 1.807) is 11.8 Å². The van der Waals surface area contributed by atoms with Crippen molar-refractivity contribution in [3.8, 4) is 0 Å². The van der Waals surface area contributed by atoms with Crippen molar-refractivity contribution < 1.29 is 8.42 Å². The summed E-state index contributed by atoms with van der Waals surface area (Å²) in [6.45, 7) is 0. The smallest absolute Gasteiger partial charge is 0.147 e. The van der Waals surface area contributed by atoms with Crippen LogP contribution in [-0.4, -0.2) is 38.5 Å². The van der Waals surface area contributed by atoms with E-state index in [0.717, 1.165) is 12.2 Å². The van der Waals surface area contributed by atoms with Gasteiger partial charge >= 0.3 is 0 Å². The predicted molar refractivity (Wildman–Crippen MR) is 55.3 cm³/mol. The predicted octanol–water partition coefficient (Wildman–Crippen LogP) is 0.502. The van der Waals surface area contributed by atoms with Gasteiger partial charge in [-0.25, -0.2) is 8.42 Å². The molecule has 2 N–H and O–H groups in total. The van der Waals surface area contributed by atoms with Crippen molar-refractivity contribution in [1.29, 1.82) is 0 Å². The molecule has 1 unspecified atom stereocenters. The maximum absolute atomic E-state index is 10.7. The van der Waals surface area contributed by atoms with Gasteiger partial charge in [0.05, 0.1) is 0 Å². The lowest BCUT2D eigenvalue weighted by molar-refractivity contribution is 0.591. The number of hydrogen-bond donors (Lipinski definition) is 1. The first-order valence-corrected chi connectivity index (χ1v) is 7.33. The SMILES string of the molecule is CSCC(N)CCCS(C)(=O)=O. The third-order valence-electron chi connectivity index (χ3n) is 1.47. The zero-order chi connectivity index (χ0) is 9.61. The van der Waals surface area contributed by atoms with E-state index in [1.807, 2.05) is 6.26 Å². The minimum absolute atomic E-state index is 0.141. The summed E-state index contributed by atoms with van der Waals surface area (Å²) < 4.78 is 21.4. The van der Waals surface area contributed by atoms with Gasteiger partial charge in [-0.15, -0.1) is 0 Å². The summed E-state index contributed by atoms with van der Waals surface area (Å²) in [6.07, 6.45) is 4.73. The fraction of sp³-hybridized carbons (Fsp3) is 1.00. The number of rotatable bonds is 6. The van der Waals surface area contributed by atoms with Crippen LogP contribution in [0.1, 0.15) is 12.8 Å². The molecule has 74 valence electrons. The zero-order valence-corrected chi connectivity index (χ0v) is 9.25. The van der Waals surface area contributed by atoms with E-state index in [2.05, 4.69) is 0 Å². The van der Waals surface area contributed by atoms with Gasteiger partial charge in [0.1, 0.15) is 9.84 Å². The van der Waals surface area contributed by atoms with E-state index in [9.17, 15) is 8.42 Å². The molecule has 0 aliphatic heterocycles. The highest BCUT2D eigenvalue weighted by molar-refractivity contribution is 7.98. The summed E-state index contributed by atoms with van der Waals surface area (Å²) in [5, 5.41) is 0. The van der Waals surface area contributed by atoms with E-state index in [4.69, 9.17) is 5.73 Å². The molecule has 0 spiro atoms. The highest BCUT2D eigenvalue weighted by atomic mass is 32.2. The third kappa shape index (κ3) is 8.36. The summed E-state index contributed by atoms with van der Waals surface area (Å²) in [6, 6.07) is 0.141. The maximum Gasteiger partial charge on any atom is 0.147 e. The molecule has 0 aromatic rings. The molecule has 0 aliphatic carbocycles. The van der Waals surface area contributed by atoms with E-state index in [0.29, 0.717) is 6.42 Å². The Bertz CT molecular complexity index is 201. The number of hydrogen-bond acceptors (Lipinski definition) is 4. The molecule has 0 saturated carbocycles. The Morgan fingerprint density at radius 3 is 2.50 bits per heavy atom. The first kappa shape index (κ1) is 12.3. The maximum atomic E-state index is 10.7. The topological polar surface area (TPSA) is 60.2 Å². The summed E-state index contributed by atoms with van der Waals surface area (Å²) in [4.78, 5) is 0. The zero-order valence-electron chi connectivity index (χ0n) is 7.62. The molecule has 5 heteroatoms. The molecule has 12 heavy (non-hydrogen) atoms. The lowest BCUT2D eigenvalue weighted by atomic mass is 10.2. The van der Waals surface area contributed by atoms with Crippen LogP contribution in [0, 0.1) is 0 Å². The second kappa shape index (κ2) is 5.83. The molecule has 0 amide bonds. The van der Waals surface area contributed by atoms with Crippen molar-refractivity contribution >= 4 is 21.6 Å². The molecule has 0 aromatic carbocycles. The van der Waals surface area contributed by atoms with Crippen molar-refractivity contribution in [2.24, 2.45) is 5.73 Å². The number of sulfone groups is 1. The number of nitrogens with two attached hydrogens (primary N) is 1. The summed E-state index contributed by atoms with van der Waals surface area (Å²) in [5.74, 6) is 1.17. The molecular weight excluding hydrogens is 194 g/mol. The fourth-order valence-electron chi connectivity index (χ4n) is 0.905. The highest BCUT2D eigenvalue weighted by Crippen LogP contribution is 2.02. The van der Waals surface area contributed by atoms with E-state index in [1.165, 1.54) is 6.26 Å². The molecule has 0 aliphatic rings. The van der Waals surface area contributed by atoms with Crippen LogP contribution in [0.3, 0.4) is 0 Å². The second-order valence-electron chi connectivity index (χ2n) is 2.99. The fourth-order valence-corrected chi connectivity index (χ4v) is 2.19. The van der Waals surface area contributed by atoms with Gasteiger partial charge in [-0.1, -0.05) is 0 Å². The summed E-state index contributed by atoms with van der Waals surface area (Å²) in [7, 11) is -2.80. The summed E-state index contributed by atoms with van der Waals surface area (Å²) in [5.41, 5.74) is 5.70. The Hall–Kier alpha value is 0.260. The van der Waals surface area contributed by atoms with Gasteiger partial charge in [0.25, 0.3) is 0 Å².